The molecule has 4 rings (SSSR count). The van der Waals surface area contributed by atoms with Crippen LogP contribution in [-0.2, 0) is 44.7 Å². The maximum atomic E-state index is 12.9. The molecule has 0 spiro atoms. The van der Waals surface area contributed by atoms with Crippen molar-refractivity contribution in [2.45, 2.75) is 44.7 Å². The van der Waals surface area contributed by atoms with E-state index in [0.29, 0.717) is 69.7 Å². The highest BCUT2D eigenvalue weighted by atomic mass is 16.6. The Morgan fingerprint density at radius 3 is 2.25 bits per heavy atom. The first-order valence-corrected chi connectivity index (χ1v) is 15.2. The summed E-state index contributed by atoms with van der Waals surface area (Å²) < 4.78 is 27.4. The molecule has 0 radical (unpaired) electrons. The maximum absolute atomic E-state index is 12.9. The number of nitrogens with one attached hydrogen (secondary N) is 2. The number of fused-ring (bicyclic) bond motifs is 1. The SMILES string of the molecule is O=C(COc1cccc2c1CN(C1CCC(=O)NC1=O)C2=O)NCCOCCOCCOCCOCC(=O)N1CCCCC1. The molecule has 0 aliphatic carbocycles. The lowest BCUT2D eigenvalue weighted by molar-refractivity contribution is -0.138. The minimum Gasteiger partial charge on any atom is -0.483 e. The molecule has 3 heterocycles. The summed E-state index contributed by atoms with van der Waals surface area (Å²) >= 11 is 0. The molecule has 2 saturated heterocycles. The second-order valence-electron chi connectivity index (χ2n) is 10.7. The molecule has 14 nitrogen and oxygen atoms in total. The van der Waals surface area contributed by atoms with Crippen LogP contribution in [0, 0.1) is 0 Å². The average molecular weight is 619 g/mol. The van der Waals surface area contributed by atoms with Crippen molar-refractivity contribution < 1.29 is 47.7 Å². The standard InChI is InChI=1S/C30H42N4O10/c35-26-8-7-24(29(38)32-26)34-19-23-22(30(34)39)5-4-6-25(23)44-20-27(36)31-9-12-40-13-14-41-15-16-42-17-18-43-21-28(37)33-10-2-1-3-11-33/h4-6,24H,1-3,7-21H2,(H,31,36)(H,32,35,38). The number of carbonyl (C=O) groups excluding carboxylic acids is 5. The van der Waals surface area contributed by atoms with Crippen molar-refractivity contribution in [3.05, 3.63) is 29.3 Å². The highest BCUT2D eigenvalue weighted by Gasteiger charge is 2.40. The van der Waals surface area contributed by atoms with E-state index in [2.05, 4.69) is 10.6 Å². The van der Waals surface area contributed by atoms with Crippen LogP contribution >= 0.6 is 0 Å². The summed E-state index contributed by atoms with van der Waals surface area (Å²) in [5.74, 6) is -1.04. The van der Waals surface area contributed by atoms with Gasteiger partial charge in [-0.3, -0.25) is 29.3 Å². The summed E-state index contributed by atoms with van der Waals surface area (Å²) in [5, 5.41) is 4.99. The number of piperidine rings is 2. The van der Waals surface area contributed by atoms with Gasteiger partial charge >= 0.3 is 0 Å². The Morgan fingerprint density at radius 2 is 1.55 bits per heavy atom. The quantitative estimate of drug-likeness (QED) is 0.170. The van der Waals surface area contributed by atoms with Gasteiger partial charge in [-0.25, -0.2) is 0 Å². The molecule has 1 aromatic rings. The summed E-state index contributed by atoms with van der Waals surface area (Å²) in [6.07, 6.45) is 3.75. The summed E-state index contributed by atoms with van der Waals surface area (Å²) in [7, 11) is 0. The van der Waals surface area contributed by atoms with Crippen LogP contribution in [0.15, 0.2) is 18.2 Å². The normalized spacial score (nSPS) is 18.3. The number of hydrogen-bond donors (Lipinski definition) is 2. The van der Waals surface area contributed by atoms with Gasteiger partial charge in [-0.15, -0.1) is 0 Å². The molecule has 242 valence electrons. The lowest BCUT2D eigenvalue weighted by Gasteiger charge is -2.29. The number of benzene rings is 1. The van der Waals surface area contributed by atoms with Gasteiger partial charge in [-0.05, 0) is 37.8 Å². The monoisotopic (exact) mass is 618 g/mol. The van der Waals surface area contributed by atoms with Crippen molar-refractivity contribution in [1.82, 2.24) is 20.4 Å². The van der Waals surface area contributed by atoms with Gasteiger partial charge in [0.05, 0.1) is 52.8 Å². The summed E-state index contributed by atoms with van der Waals surface area (Å²) in [6, 6.07) is 4.27. The predicted molar refractivity (Wildman–Crippen MR) is 155 cm³/mol. The zero-order valence-corrected chi connectivity index (χ0v) is 25.0. The fourth-order valence-electron chi connectivity index (χ4n) is 5.20. The van der Waals surface area contributed by atoms with Gasteiger partial charge in [-0.1, -0.05) is 6.07 Å². The molecule has 14 heteroatoms. The Morgan fingerprint density at radius 1 is 0.864 bits per heavy atom. The predicted octanol–water partition coefficient (Wildman–Crippen LogP) is 0.0215. The number of imide groups is 1. The van der Waals surface area contributed by atoms with E-state index in [1.807, 2.05) is 4.90 Å². The zero-order valence-electron chi connectivity index (χ0n) is 25.0. The third-order valence-electron chi connectivity index (χ3n) is 7.52. The van der Waals surface area contributed by atoms with E-state index in [9.17, 15) is 24.0 Å². The van der Waals surface area contributed by atoms with Crippen LogP contribution in [0.3, 0.4) is 0 Å². The van der Waals surface area contributed by atoms with Crippen molar-refractivity contribution in [1.29, 1.82) is 0 Å². The first kappa shape index (κ1) is 33.3. The topological polar surface area (TPSA) is 162 Å². The molecule has 2 fully saturated rings. The van der Waals surface area contributed by atoms with E-state index in [1.54, 1.807) is 18.2 Å². The van der Waals surface area contributed by atoms with E-state index < -0.39 is 11.9 Å². The van der Waals surface area contributed by atoms with Crippen molar-refractivity contribution in [2.24, 2.45) is 0 Å². The Balaban J connectivity index is 0.983. The summed E-state index contributed by atoms with van der Waals surface area (Å²) in [4.78, 5) is 64.2. The number of nitrogens with zero attached hydrogens (tertiary/aromatic N) is 2. The fraction of sp³-hybridized carbons (Fsp3) is 0.633. The van der Waals surface area contributed by atoms with Crippen molar-refractivity contribution in [2.75, 3.05) is 79.1 Å². The molecule has 0 bridgehead atoms. The Labute approximate surface area is 256 Å². The average Bonchev–Trinajstić information content (AvgIpc) is 3.36. The molecule has 44 heavy (non-hydrogen) atoms. The van der Waals surface area contributed by atoms with Gasteiger partial charge in [0.1, 0.15) is 18.4 Å². The van der Waals surface area contributed by atoms with Crippen LogP contribution in [0.1, 0.15) is 48.0 Å². The van der Waals surface area contributed by atoms with Crippen LogP contribution in [0.2, 0.25) is 0 Å². The van der Waals surface area contributed by atoms with Crippen molar-refractivity contribution in [3.63, 3.8) is 0 Å². The smallest absolute Gasteiger partial charge is 0.258 e. The maximum Gasteiger partial charge on any atom is 0.258 e. The fourth-order valence-corrected chi connectivity index (χ4v) is 5.20. The summed E-state index contributed by atoms with van der Waals surface area (Å²) in [5.41, 5.74) is 1.02. The molecule has 3 aliphatic rings. The third kappa shape index (κ3) is 9.97. The highest BCUT2D eigenvalue weighted by molar-refractivity contribution is 6.05. The molecule has 0 saturated carbocycles. The van der Waals surface area contributed by atoms with E-state index >= 15 is 0 Å². The van der Waals surface area contributed by atoms with Crippen molar-refractivity contribution >= 4 is 29.5 Å². The first-order chi connectivity index (χ1) is 21.4. The van der Waals surface area contributed by atoms with Crippen LogP contribution in [0.25, 0.3) is 0 Å². The van der Waals surface area contributed by atoms with Crippen LogP contribution in [-0.4, -0.2) is 124 Å². The minimum atomic E-state index is -0.722. The highest BCUT2D eigenvalue weighted by Crippen LogP contribution is 2.33. The number of amides is 5. The largest absolute Gasteiger partial charge is 0.483 e. The Bertz CT molecular complexity index is 1160. The lowest BCUT2D eigenvalue weighted by atomic mass is 10.0. The van der Waals surface area contributed by atoms with E-state index in [1.165, 1.54) is 11.3 Å². The van der Waals surface area contributed by atoms with Gasteiger partial charge in [0.15, 0.2) is 6.61 Å². The van der Waals surface area contributed by atoms with Crippen LogP contribution in [0.4, 0.5) is 0 Å². The first-order valence-electron chi connectivity index (χ1n) is 15.2. The molecule has 3 aliphatic heterocycles. The molecule has 1 unspecified atom stereocenters. The van der Waals surface area contributed by atoms with E-state index in [4.69, 9.17) is 23.7 Å². The van der Waals surface area contributed by atoms with Gasteiger partial charge in [0.2, 0.25) is 17.7 Å². The molecule has 1 aromatic carbocycles. The second-order valence-corrected chi connectivity index (χ2v) is 10.7. The van der Waals surface area contributed by atoms with Gasteiger partial charge < -0.3 is 38.8 Å². The van der Waals surface area contributed by atoms with Crippen LogP contribution in [0.5, 0.6) is 5.75 Å². The second kappa shape index (κ2) is 17.6. The summed E-state index contributed by atoms with van der Waals surface area (Å²) in [6.45, 7) is 4.56. The molecular weight excluding hydrogens is 576 g/mol. The molecule has 5 amide bonds. The molecule has 0 aromatic heterocycles. The van der Waals surface area contributed by atoms with Gasteiger partial charge in [0.25, 0.3) is 11.8 Å². The Hall–Kier alpha value is -3.59. The van der Waals surface area contributed by atoms with Crippen LogP contribution < -0.4 is 15.4 Å². The van der Waals surface area contributed by atoms with E-state index in [0.717, 1.165) is 25.9 Å². The molecular formula is C30H42N4O10. The number of likely N-dealkylation sites (tertiary alicyclic amines) is 1. The molecule has 1 atom stereocenters. The molecule has 2 N–H and O–H groups in total. The number of carbonyl (C=O) groups is 5. The lowest BCUT2D eigenvalue weighted by Crippen LogP contribution is -2.52. The van der Waals surface area contributed by atoms with Gasteiger partial charge in [-0.2, -0.15) is 0 Å². The third-order valence-corrected chi connectivity index (χ3v) is 7.52. The van der Waals surface area contributed by atoms with E-state index in [-0.39, 0.29) is 56.2 Å². The zero-order chi connectivity index (χ0) is 31.1. The minimum absolute atomic E-state index is 0.0383. The van der Waals surface area contributed by atoms with Gasteiger partial charge in [0, 0.05) is 37.2 Å². The van der Waals surface area contributed by atoms with Crippen molar-refractivity contribution in [3.8, 4) is 5.75 Å². The number of rotatable bonds is 18. The Kier molecular flexibility index (Phi) is 13.4. The number of ether oxygens (including phenoxy) is 5. The number of hydrogen-bond acceptors (Lipinski definition) is 10.